The average Bonchev–Trinajstić information content (AvgIpc) is 2.34. The van der Waals surface area contributed by atoms with Gasteiger partial charge in [0.2, 0.25) is 10.0 Å². The van der Waals surface area contributed by atoms with Crippen LogP contribution in [0.1, 0.15) is 6.92 Å². The first-order valence-corrected chi connectivity index (χ1v) is 7.64. The van der Waals surface area contributed by atoms with Gasteiger partial charge < -0.3 is 4.74 Å². The molecule has 1 unspecified atom stereocenters. The van der Waals surface area contributed by atoms with E-state index in [2.05, 4.69) is 4.98 Å². The lowest BCUT2D eigenvalue weighted by Crippen LogP contribution is -2.25. The van der Waals surface area contributed by atoms with Crippen LogP contribution < -0.4 is 9.88 Å². The molecule has 0 aliphatic rings. The van der Waals surface area contributed by atoms with Crippen molar-refractivity contribution in [2.75, 3.05) is 12.4 Å². The summed E-state index contributed by atoms with van der Waals surface area (Å²) in [6.07, 6.45) is 1.72. The predicted molar refractivity (Wildman–Crippen MR) is 74.4 cm³/mol. The van der Waals surface area contributed by atoms with Crippen molar-refractivity contribution in [3.05, 3.63) is 36.5 Å². The number of primary sulfonamides is 1. The Bertz CT molecular complexity index is 665. The third-order valence-electron chi connectivity index (χ3n) is 2.65. The van der Waals surface area contributed by atoms with Crippen molar-refractivity contribution >= 4 is 20.9 Å². The topological polar surface area (TPSA) is 82.3 Å². The maximum absolute atomic E-state index is 11.0. The number of hydrogen-bond donors (Lipinski definition) is 1. The van der Waals surface area contributed by atoms with Gasteiger partial charge in [-0.05, 0) is 24.3 Å². The largest absolute Gasteiger partial charge is 0.493 e. The second-order valence-corrected chi connectivity index (χ2v) is 6.23. The number of fused-ring (bicyclic) bond motifs is 1. The molecular weight excluding hydrogens is 264 g/mol. The summed E-state index contributed by atoms with van der Waals surface area (Å²) in [6, 6.07) is 9.35. The number of hydrogen-bond acceptors (Lipinski definition) is 4. The van der Waals surface area contributed by atoms with Gasteiger partial charge in [-0.1, -0.05) is 13.0 Å². The Morgan fingerprint density at radius 2 is 2.11 bits per heavy atom. The maximum Gasteiger partial charge on any atom is 0.209 e. The van der Waals surface area contributed by atoms with Crippen LogP contribution in [0, 0.1) is 5.92 Å². The van der Waals surface area contributed by atoms with Crippen LogP contribution in [0.25, 0.3) is 10.9 Å². The van der Waals surface area contributed by atoms with Gasteiger partial charge in [0.05, 0.1) is 17.9 Å². The van der Waals surface area contributed by atoms with Crippen molar-refractivity contribution in [3.8, 4) is 5.75 Å². The molecule has 5 nitrogen and oxygen atoms in total. The van der Waals surface area contributed by atoms with Gasteiger partial charge in [-0.15, -0.1) is 0 Å². The van der Waals surface area contributed by atoms with Gasteiger partial charge >= 0.3 is 0 Å². The van der Waals surface area contributed by atoms with E-state index in [1.54, 1.807) is 13.1 Å². The minimum atomic E-state index is -3.46. The Balaban J connectivity index is 2.10. The summed E-state index contributed by atoms with van der Waals surface area (Å²) in [4.78, 5) is 4.23. The average molecular weight is 280 g/mol. The van der Waals surface area contributed by atoms with Crippen molar-refractivity contribution in [2.24, 2.45) is 11.1 Å². The zero-order valence-electron chi connectivity index (χ0n) is 10.6. The molecule has 1 atom stereocenters. The first-order chi connectivity index (χ1) is 8.96. The van der Waals surface area contributed by atoms with Crippen LogP contribution in [0.15, 0.2) is 36.5 Å². The molecule has 0 aliphatic carbocycles. The second-order valence-electron chi connectivity index (χ2n) is 4.57. The fraction of sp³-hybridized carbons (Fsp3) is 0.308. The standard InChI is InChI=1S/C13H16N2O3S/c1-10(9-19(14,16)17)8-18-13-6-2-5-12-11(13)4-3-7-15-12/h2-7,10H,8-9H2,1H3,(H2,14,16,17). The number of pyridine rings is 1. The summed E-state index contributed by atoms with van der Waals surface area (Å²) in [7, 11) is -3.46. The third kappa shape index (κ3) is 3.90. The fourth-order valence-corrected chi connectivity index (χ4v) is 2.77. The third-order valence-corrected chi connectivity index (χ3v) is 3.68. The van der Waals surface area contributed by atoms with Gasteiger partial charge in [-0.25, -0.2) is 13.6 Å². The van der Waals surface area contributed by atoms with Gasteiger partial charge in [-0.2, -0.15) is 0 Å². The summed E-state index contributed by atoms with van der Waals surface area (Å²) in [6.45, 7) is 2.08. The summed E-state index contributed by atoms with van der Waals surface area (Å²) in [5.74, 6) is 0.449. The fourth-order valence-electron chi connectivity index (χ4n) is 1.88. The number of ether oxygens (including phenoxy) is 1. The molecule has 0 bridgehead atoms. The summed E-state index contributed by atoms with van der Waals surface area (Å²) in [5.41, 5.74) is 0.846. The highest BCUT2D eigenvalue weighted by Gasteiger charge is 2.12. The Kier molecular flexibility index (Phi) is 4.01. The molecule has 1 heterocycles. The number of benzene rings is 1. The normalized spacial score (nSPS) is 13.4. The highest BCUT2D eigenvalue weighted by atomic mass is 32.2. The molecule has 0 aliphatic heterocycles. The zero-order valence-corrected chi connectivity index (χ0v) is 11.4. The van der Waals surface area contributed by atoms with E-state index >= 15 is 0 Å². The van der Waals surface area contributed by atoms with Crippen LogP contribution in [-0.4, -0.2) is 25.8 Å². The lowest BCUT2D eigenvalue weighted by molar-refractivity contribution is 0.275. The van der Waals surface area contributed by atoms with E-state index < -0.39 is 10.0 Å². The molecule has 1 aromatic carbocycles. The van der Waals surface area contributed by atoms with Crippen LogP contribution in [0.2, 0.25) is 0 Å². The molecule has 0 saturated heterocycles. The lowest BCUT2D eigenvalue weighted by Gasteiger charge is -2.13. The molecule has 0 saturated carbocycles. The molecule has 2 rings (SSSR count). The Hall–Kier alpha value is -1.66. The zero-order chi connectivity index (χ0) is 13.9. The van der Waals surface area contributed by atoms with Crippen molar-refractivity contribution in [1.29, 1.82) is 0 Å². The number of nitrogens with zero attached hydrogens (tertiary/aromatic N) is 1. The van der Waals surface area contributed by atoms with Crippen LogP contribution in [0.4, 0.5) is 0 Å². The molecule has 2 N–H and O–H groups in total. The van der Waals surface area contributed by atoms with E-state index in [-0.39, 0.29) is 11.7 Å². The van der Waals surface area contributed by atoms with Crippen molar-refractivity contribution in [2.45, 2.75) is 6.92 Å². The number of nitrogens with two attached hydrogens (primary N) is 1. The molecule has 19 heavy (non-hydrogen) atoms. The summed E-state index contributed by atoms with van der Waals surface area (Å²) < 4.78 is 27.6. The quantitative estimate of drug-likeness (QED) is 0.900. The highest BCUT2D eigenvalue weighted by molar-refractivity contribution is 7.89. The molecule has 102 valence electrons. The van der Waals surface area contributed by atoms with Crippen molar-refractivity contribution in [1.82, 2.24) is 4.98 Å². The predicted octanol–water partition coefficient (Wildman–Crippen LogP) is 1.54. The van der Waals surface area contributed by atoms with E-state index in [0.717, 1.165) is 10.9 Å². The van der Waals surface area contributed by atoms with Gasteiger partial charge in [-0.3, -0.25) is 4.98 Å². The van der Waals surface area contributed by atoms with Crippen molar-refractivity contribution < 1.29 is 13.2 Å². The molecule has 1 aromatic heterocycles. The summed E-state index contributed by atoms with van der Waals surface area (Å²) >= 11 is 0. The number of aromatic nitrogens is 1. The number of rotatable bonds is 5. The van der Waals surface area contributed by atoms with Crippen molar-refractivity contribution in [3.63, 3.8) is 0 Å². The first kappa shape index (κ1) is 13.8. The molecule has 0 fully saturated rings. The Labute approximate surface area is 112 Å². The molecular formula is C13H16N2O3S. The molecule has 2 aromatic rings. The SMILES string of the molecule is CC(COc1cccc2ncccc12)CS(N)(=O)=O. The van der Waals surface area contributed by atoms with Crippen LogP contribution in [-0.2, 0) is 10.0 Å². The van der Waals surface area contributed by atoms with Crippen LogP contribution in [0.5, 0.6) is 5.75 Å². The molecule has 0 amide bonds. The van der Waals surface area contributed by atoms with E-state index in [4.69, 9.17) is 9.88 Å². The molecule has 0 radical (unpaired) electrons. The second kappa shape index (κ2) is 5.54. The molecule has 0 spiro atoms. The minimum absolute atomic E-state index is 0.0873. The van der Waals surface area contributed by atoms with Gasteiger partial charge in [0.25, 0.3) is 0 Å². The summed E-state index contributed by atoms with van der Waals surface area (Å²) in [5, 5.41) is 5.91. The molecule has 6 heteroatoms. The maximum atomic E-state index is 11.0. The van der Waals surface area contributed by atoms with E-state index in [9.17, 15) is 8.42 Å². The van der Waals surface area contributed by atoms with E-state index in [1.807, 2.05) is 30.3 Å². The van der Waals surface area contributed by atoms with E-state index in [1.165, 1.54) is 0 Å². The number of sulfonamides is 1. The smallest absolute Gasteiger partial charge is 0.209 e. The van der Waals surface area contributed by atoms with E-state index in [0.29, 0.717) is 12.4 Å². The van der Waals surface area contributed by atoms with Gasteiger partial charge in [0.15, 0.2) is 0 Å². The highest BCUT2D eigenvalue weighted by Crippen LogP contribution is 2.24. The first-order valence-electron chi connectivity index (χ1n) is 5.93. The van der Waals surface area contributed by atoms with Gasteiger partial charge in [0, 0.05) is 17.5 Å². The minimum Gasteiger partial charge on any atom is -0.493 e. The lowest BCUT2D eigenvalue weighted by atomic mass is 10.2. The van der Waals surface area contributed by atoms with Gasteiger partial charge in [0.1, 0.15) is 5.75 Å². The Morgan fingerprint density at radius 3 is 2.84 bits per heavy atom. The Morgan fingerprint density at radius 1 is 1.32 bits per heavy atom. The van der Waals surface area contributed by atoms with Crippen LogP contribution >= 0.6 is 0 Å². The monoisotopic (exact) mass is 280 g/mol. The van der Waals surface area contributed by atoms with Crippen LogP contribution in [0.3, 0.4) is 0 Å².